The van der Waals surface area contributed by atoms with Gasteiger partial charge in [0.2, 0.25) is 5.95 Å². The lowest BCUT2D eigenvalue weighted by Crippen LogP contribution is -2.24. The number of fused-ring (bicyclic) bond motifs is 1. The summed E-state index contributed by atoms with van der Waals surface area (Å²) in [5, 5.41) is 8.08. The zero-order chi connectivity index (χ0) is 19.3. The summed E-state index contributed by atoms with van der Waals surface area (Å²) in [6.45, 7) is 2.39. The highest BCUT2D eigenvalue weighted by Crippen LogP contribution is 2.25. The van der Waals surface area contributed by atoms with Crippen LogP contribution in [0.4, 0.5) is 5.95 Å². The fourth-order valence-corrected chi connectivity index (χ4v) is 3.58. The predicted octanol–water partition coefficient (Wildman–Crippen LogP) is 3.58. The number of thiophene rings is 1. The minimum absolute atomic E-state index is 0.0453. The minimum Gasteiger partial charge on any atom is -0.348 e. The Morgan fingerprint density at radius 1 is 1.11 bits per heavy atom. The van der Waals surface area contributed by atoms with E-state index in [0.717, 1.165) is 21.3 Å². The normalized spacial score (nSPS) is 11.9. The molecule has 7 nitrogen and oxygen atoms in total. The molecule has 0 aliphatic heterocycles. The molecule has 0 spiro atoms. The largest absolute Gasteiger partial charge is 0.348 e. The number of anilines is 1. The van der Waals surface area contributed by atoms with Gasteiger partial charge in [-0.3, -0.25) is 14.8 Å². The molecule has 2 N–H and O–H groups in total. The summed E-state index contributed by atoms with van der Waals surface area (Å²) in [6, 6.07) is 9.46. The maximum absolute atomic E-state index is 12.8. The van der Waals surface area contributed by atoms with Crippen molar-refractivity contribution < 1.29 is 4.79 Å². The Labute approximate surface area is 165 Å². The first-order valence-electron chi connectivity index (χ1n) is 8.79. The molecule has 140 valence electrons. The second kappa shape index (κ2) is 8.10. The first-order chi connectivity index (χ1) is 13.7. The average Bonchev–Trinajstić information content (AvgIpc) is 3.21. The van der Waals surface area contributed by atoms with Crippen molar-refractivity contribution in [2.45, 2.75) is 19.5 Å². The average molecular weight is 390 g/mol. The zero-order valence-corrected chi connectivity index (χ0v) is 16.0. The lowest BCUT2D eigenvalue weighted by atomic mass is 10.1. The molecule has 4 rings (SSSR count). The molecule has 4 aromatic heterocycles. The summed E-state index contributed by atoms with van der Waals surface area (Å²) in [7, 11) is 0. The van der Waals surface area contributed by atoms with Crippen LogP contribution in [-0.4, -0.2) is 25.8 Å². The van der Waals surface area contributed by atoms with Crippen LogP contribution >= 0.6 is 11.3 Å². The van der Waals surface area contributed by atoms with E-state index in [-0.39, 0.29) is 11.9 Å². The molecule has 4 aromatic rings. The number of carbonyl (C=O) groups is 1. The van der Waals surface area contributed by atoms with Gasteiger partial charge < -0.3 is 10.6 Å². The van der Waals surface area contributed by atoms with E-state index in [1.807, 2.05) is 42.6 Å². The Morgan fingerprint density at radius 3 is 2.68 bits per heavy atom. The Kier molecular flexibility index (Phi) is 5.20. The van der Waals surface area contributed by atoms with E-state index in [1.54, 1.807) is 24.8 Å². The third-order valence-electron chi connectivity index (χ3n) is 4.22. The number of hydrogen-bond donors (Lipinski definition) is 2. The van der Waals surface area contributed by atoms with E-state index in [0.29, 0.717) is 18.2 Å². The third-order valence-corrected chi connectivity index (χ3v) is 5.13. The summed E-state index contributed by atoms with van der Waals surface area (Å²) >= 11 is 1.45. The second-order valence-electron chi connectivity index (χ2n) is 6.23. The van der Waals surface area contributed by atoms with E-state index in [1.165, 1.54) is 11.3 Å². The van der Waals surface area contributed by atoms with Gasteiger partial charge in [0.05, 0.1) is 16.3 Å². The van der Waals surface area contributed by atoms with Crippen LogP contribution < -0.4 is 10.6 Å². The number of nitrogens with zero attached hydrogens (tertiary/aromatic N) is 4. The summed E-state index contributed by atoms with van der Waals surface area (Å²) in [4.78, 5) is 30.0. The lowest BCUT2D eigenvalue weighted by molar-refractivity contribution is 0.0948. The van der Waals surface area contributed by atoms with Crippen molar-refractivity contribution in [1.29, 1.82) is 0 Å². The van der Waals surface area contributed by atoms with Crippen molar-refractivity contribution in [3.8, 4) is 0 Å². The highest BCUT2D eigenvalue weighted by atomic mass is 32.1. The minimum atomic E-state index is -0.240. The predicted molar refractivity (Wildman–Crippen MR) is 109 cm³/mol. The molecule has 8 heteroatoms. The molecule has 1 amide bonds. The van der Waals surface area contributed by atoms with Gasteiger partial charge in [0.1, 0.15) is 0 Å². The Bertz CT molecular complexity index is 1080. The smallest absolute Gasteiger partial charge is 0.271 e. The molecule has 0 aromatic carbocycles. The Balaban J connectivity index is 1.57. The number of amides is 1. The van der Waals surface area contributed by atoms with E-state index in [2.05, 4.69) is 30.6 Å². The monoisotopic (exact) mass is 390 g/mol. The number of hydrogen-bond acceptors (Lipinski definition) is 7. The van der Waals surface area contributed by atoms with Crippen molar-refractivity contribution >= 4 is 33.4 Å². The molecular weight excluding hydrogens is 372 g/mol. The number of nitrogens with one attached hydrogen (secondary N) is 2. The van der Waals surface area contributed by atoms with Gasteiger partial charge in [-0.1, -0.05) is 12.1 Å². The third kappa shape index (κ3) is 3.96. The molecule has 4 heterocycles. The van der Waals surface area contributed by atoms with Crippen molar-refractivity contribution in [3.63, 3.8) is 0 Å². The van der Waals surface area contributed by atoms with Crippen LogP contribution in [0.1, 0.15) is 34.6 Å². The van der Waals surface area contributed by atoms with Crippen molar-refractivity contribution in [3.05, 3.63) is 77.3 Å². The number of rotatable bonds is 6. The molecule has 0 unspecified atom stereocenters. The van der Waals surface area contributed by atoms with Crippen molar-refractivity contribution in [2.75, 3.05) is 5.32 Å². The van der Waals surface area contributed by atoms with Crippen LogP contribution in [-0.2, 0) is 6.54 Å². The van der Waals surface area contributed by atoms with Gasteiger partial charge in [-0.25, -0.2) is 9.97 Å². The number of carbonyl (C=O) groups excluding carboxylic acids is 1. The maximum Gasteiger partial charge on any atom is 0.271 e. The number of aromatic nitrogens is 4. The SMILES string of the molecule is C[C@H](Nc1nc(C(=O)NCc2cccnc2)c2sccc2n1)c1cccnc1. The molecule has 28 heavy (non-hydrogen) atoms. The van der Waals surface area contributed by atoms with E-state index < -0.39 is 0 Å². The lowest BCUT2D eigenvalue weighted by Gasteiger charge is -2.14. The van der Waals surface area contributed by atoms with Gasteiger partial charge in [0, 0.05) is 31.3 Å². The summed E-state index contributed by atoms with van der Waals surface area (Å²) in [6.07, 6.45) is 6.95. The Hall–Kier alpha value is -3.39. The molecule has 0 saturated heterocycles. The molecule has 0 bridgehead atoms. The van der Waals surface area contributed by atoms with E-state index in [9.17, 15) is 4.79 Å². The van der Waals surface area contributed by atoms with Crippen LogP contribution in [0.25, 0.3) is 10.2 Å². The van der Waals surface area contributed by atoms with Crippen LogP contribution in [0.5, 0.6) is 0 Å². The molecule has 0 saturated carbocycles. The molecule has 0 aliphatic carbocycles. The van der Waals surface area contributed by atoms with E-state index in [4.69, 9.17) is 0 Å². The topological polar surface area (TPSA) is 92.7 Å². The quantitative estimate of drug-likeness (QED) is 0.523. The van der Waals surface area contributed by atoms with Crippen LogP contribution in [0.15, 0.2) is 60.5 Å². The van der Waals surface area contributed by atoms with Gasteiger partial charge in [-0.2, -0.15) is 0 Å². The highest BCUT2D eigenvalue weighted by Gasteiger charge is 2.17. The van der Waals surface area contributed by atoms with Crippen LogP contribution in [0, 0.1) is 0 Å². The first-order valence-corrected chi connectivity index (χ1v) is 9.67. The molecule has 0 radical (unpaired) electrons. The van der Waals surface area contributed by atoms with E-state index >= 15 is 0 Å². The fraction of sp³-hybridized carbons (Fsp3) is 0.150. The number of pyridine rings is 2. The van der Waals surface area contributed by atoms with Gasteiger partial charge in [-0.05, 0) is 41.6 Å². The summed E-state index contributed by atoms with van der Waals surface area (Å²) in [5.41, 5.74) is 3.05. The summed E-state index contributed by atoms with van der Waals surface area (Å²) in [5.74, 6) is 0.171. The van der Waals surface area contributed by atoms with Crippen molar-refractivity contribution in [2.24, 2.45) is 0 Å². The molecule has 0 fully saturated rings. The Morgan fingerprint density at radius 2 is 1.93 bits per heavy atom. The highest BCUT2D eigenvalue weighted by molar-refractivity contribution is 7.17. The second-order valence-corrected chi connectivity index (χ2v) is 7.14. The maximum atomic E-state index is 12.8. The molecule has 1 atom stereocenters. The zero-order valence-electron chi connectivity index (χ0n) is 15.2. The van der Waals surface area contributed by atoms with Crippen molar-refractivity contribution in [1.82, 2.24) is 25.3 Å². The van der Waals surface area contributed by atoms with Crippen LogP contribution in [0.3, 0.4) is 0 Å². The van der Waals surface area contributed by atoms with Gasteiger partial charge in [0.15, 0.2) is 5.69 Å². The molecule has 0 aliphatic rings. The van der Waals surface area contributed by atoms with Crippen LogP contribution in [0.2, 0.25) is 0 Å². The van der Waals surface area contributed by atoms with Gasteiger partial charge >= 0.3 is 0 Å². The summed E-state index contributed by atoms with van der Waals surface area (Å²) < 4.78 is 0.767. The fourth-order valence-electron chi connectivity index (χ4n) is 2.76. The molecular formula is C20H18N6OS. The van der Waals surface area contributed by atoms with Gasteiger partial charge in [-0.15, -0.1) is 11.3 Å². The van der Waals surface area contributed by atoms with Gasteiger partial charge in [0.25, 0.3) is 5.91 Å². The standard InChI is InChI=1S/C20H18N6OS/c1-13(15-5-3-8-22-12-15)24-20-25-16-6-9-28-18(16)17(26-20)19(27)23-11-14-4-2-7-21-10-14/h2-10,12-13H,11H2,1H3,(H,23,27)(H,24,25,26)/t13-/m0/s1. The first kappa shape index (κ1) is 18.0.